The van der Waals surface area contributed by atoms with Gasteiger partial charge < -0.3 is 10.6 Å². The number of likely N-dealkylation sites (N-methyl/N-ethyl adjacent to an activating group) is 1. The summed E-state index contributed by atoms with van der Waals surface area (Å²) >= 11 is 3.56. The Bertz CT molecular complexity index is 419. The van der Waals surface area contributed by atoms with Crippen LogP contribution in [0.25, 0.3) is 0 Å². The van der Waals surface area contributed by atoms with Gasteiger partial charge in [0.2, 0.25) is 0 Å². The van der Waals surface area contributed by atoms with Crippen LogP contribution in [0, 0.1) is 6.92 Å². The summed E-state index contributed by atoms with van der Waals surface area (Å²) in [6, 6.07) is 7.47. The summed E-state index contributed by atoms with van der Waals surface area (Å²) in [6.45, 7) is 3.28. The van der Waals surface area contributed by atoms with Gasteiger partial charge >= 0.3 is 0 Å². The first kappa shape index (κ1) is 15.0. The van der Waals surface area contributed by atoms with Gasteiger partial charge in [0.05, 0.1) is 0 Å². The highest BCUT2D eigenvalue weighted by molar-refractivity contribution is 9.10. The van der Waals surface area contributed by atoms with Gasteiger partial charge in [0.25, 0.3) is 0 Å². The predicted molar refractivity (Wildman–Crippen MR) is 85.4 cm³/mol. The average Bonchev–Trinajstić information content (AvgIpc) is 2.40. The highest BCUT2D eigenvalue weighted by Gasteiger charge is 2.24. The quantitative estimate of drug-likeness (QED) is 0.918. The van der Waals surface area contributed by atoms with Gasteiger partial charge in [-0.05, 0) is 56.5 Å². The van der Waals surface area contributed by atoms with Gasteiger partial charge in [0.15, 0.2) is 0 Å². The second-order valence-electron chi connectivity index (χ2n) is 5.82. The SMILES string of the molecule is Cc1ccc(Br)cc1CCN(C)C1CCCCC1N. The minimum atomic E-state index is 0.363. The number of halogens is 1. The van der Waals surface area contributed by atoms with Crippen molar-refractivity contribution in [1.82, 2.24) is 4.90 Å². The van der Waals surface area contributed by atoms with Crippen molar-refractivity contribution in [2.75, 3.05) is 13.6 Å². The van der Waals surface area contributed by atoms with Crippen molar-refractivity contribution in [2.45, 2.75) is 51.1 Å². The summed E-state index contributed by atoms with van der Waals surface area (Å²) in [5.41, 5.74) is 9.07. The van der Waals surface area contributed by atoms with Crippen LogP contribution in [0.2, 0.25) is 0 Å². The van der Waals surface area contributed by atoms with E-state index in [1.54, 1.807) is 0 Å². The maximum absolute atomic E-state index is 6.25. The lowest BCUT2D eigenvalue weighted by Gasteiger charge is -2.36. The highest BCUT2D eigenvalue weighted by atomic mass is 79.9. The zero-order valence-electron chi connectivity index (χ0n) is 12.0. The van der Waals surface area contributed by atoms with E-state index in [0.717, 1.165) is 13.0 Å². The van der Waals surface area contributed by atoms with Crippen molar-refractivity contribution < 1.29 is 0 Å². The summed E-state index contributed by atoms with van der Waals surface area (Å²) < 4.78 is 1.17. The molecule has 0 heterocycles. The van der Waals surface area contributed by atoms with Crippen LogP contribution in [-0.2, 0) is 6.42 Å². The van der Waals surface area contributed by atoms with E-state index in [-0.39, 0.29) is 0 Å². The van der Waals surface area contributed by atoms with Gasteiger partial charge in [0, 0.05) is 23.1 Å². The normalized spacial score (nSPS) is 23.8. The first-order valence-corrected chi connectivity index (χ1v) is 8.08. The minimum absolute atomic E-state index is 0.363. The maximum atomic E-state index is 6.25. The standard InChI is InChI=1S/C16H25BrN2/c1-12-7-8-14(17)11-13(12)9-10-19(2)16-6-4-3-5-15(16)18/h7-8,11,15-16H,3-6,9-10,18H2,1-2H3. The molecular formula is C16H25BrN2. The largest absolute Gasteiger partial charge is 0.326 e. The van der Waals surface area contributed by atoms with Crippen molar-refractivity contribution in [3.63, 3.8) is 0 Å². The Morgan fingerprint density at radius 2 is 2.05 bits per heavy atom. The van der Waals surface area contributed by atoms with Crippen LogP contribution in [0.4, 0.5) is 0 Å². The summed E-state index contributed by atoms with van der Waals surface area (Å²) in [6.07, 6.45) is 6.18. The molecule has 2 nitrogen and oxygen atoms in total. The van der Waals surface area contributed by atoms with Gasteiger partial charge in [-0.1, -0.05) is 34.8 Å². The van der Waals surface area contributed by atoms with Crippen LogP contribution in [-0.4, -0.2) is 30.6 Å². The van der Waals surface area contributed by atoms with Crippen LogP contribution < -0.4 is 5.73 Å². The van der Waals surface area contributed by atoms with Gasteiger partial charge in [-0.15, -0.1) is 0 Å². The number of rotatable bonds is 4. The first-order valence-electron chi connectivity index (χ1n) is 7.29. The lowest BCUT2D eigenvalue weighted by atomic mass is 9.90. The van der Waals surface area contributed by atoms with E-state index in [0.29, 0.717) is 12.1 Å². The predicted octanol–water partition coefficient (Wildman–Crippen LogP) is 3.50. The molecule has 106 valence electrons. The van der Waals surface area contributed by atoms with E-state index >= 15 is 0 Å². The van der Waals surface area contributed by atoms with Crippen molar-refractivity contribution in [3.8, 4) is 0 Å². The molecule has 1 saturated carbocycles. The smallest absolute Gasteiger partial charge is 0.0244 e. The van der Waals surface area contributed by atoms with Gasteiger partial charge in [-0.2, -0.15) is 0 Å². The molecule has 1 aliphatic rings. The van der Waals surface area contributed by atoms with Crippen molar-refractivity contribution in [3.05, 3.63) is 33.8 Å². The zero-order chi connectivity index (χ0) is 13.8. The number of hydrogen-bond donors (Lipinski definition) is 1. The molecule has 0 amide bonds. The molecule has 1 aromatic rings. The Hall–Kier alpha value is -0.380. The number of aryl methyl sites for hydroxylation is 1. The molecule has 2 atom stereocenters. The van der Waals surface area contributed by atoms with Gasteiger partial charge in [0.1, 0.15) is 0 Å². The van der Waals surface area contributed by atoms with Crippen LogP contribution in [0.5, 0.6) is 0 Å². The molecule has 1 fully saturated rings. The monoisotopic (exact) mass is 324 g/mol. The molecule has 2 N–H and O–H groups in total. The lowest BCUT2D eigenvalue weighted by Crippen LogP contribution is -2.48. The Balaban J connectivity index is 1.92. The molecule has 0 aromatic heterocycles. The zero-order valence-corrected chi connectivity index (χ0v) is 13.6. The fraction of sp³-hybridized carbons (Fsp3) is 0.625. The topological polar surface area (TPSA) is 29.3 Å². The Kier molecular flexibility index (Phi) is 5.43. The van der Waals surface area contributed by atoms with E-state index in [4.69, 9.17) is 5.73 Å². The summed E-state index contributed by atoms with van der Waals surface area (Å²) in [5.74, 6) is 0. The fourth-order valence-corrected chi connectivity index (χ4v) is 3.47. The third kappa shape index (κ3) is 4.04. The second-order valence-corrected chi connectivity index (χ2v) is 6.73. The number of hydrogen-bond acceptors (Lipinski definition) is 2. The lowest BCUT2D eigenvalue weighted by molar-refractivity contribution is 0.170. The Labute approximate surface area is 125 Å². The second kappa shape index (κ2) is 6.87. The molecule has 0 spiro atoms. The Morgan fingerprint density at radius 1 is 1.32 bits per heavy atom. The van der Waals surface area contributed by atoms with Crippen molar-refractivity contribution in [2.24, 2.45) is 5.73 Å². The first-order chi connectivity index (χ1) is 9.08. The summed E-state index contributed by atoms with van der Waals surface area (Å²) in [5, 5.41) is 0. The molecule has 19 heavy (non-hydrogen) atoms. The van der Waals surface area contributed by atoms with E-state index < -0.39 is 0 Å². The van der Waals surface area contributed by atoms with Crippen LogP contribution in [0.15, 0.2) is 22.7 Å². The summed E-state index contributed by atoms with van der Waals surface area (Å²) in [7, 11) is 2.23. The third-order valence-electron chi connectivity index (χ3n) is 4.39. The molecule has 1 aromatic carbocycles. The molecule has 0 radical (unpaired) electrons. The van der Waals surface area contributed by atoms with Crippen LogP contribution >= 0.6 is 15.9 Å². The maximum Gasteiger partial charge on any atom is 0.0244 e. The van der Waals surface area contributed by atoms with Gasteiger partial charge in [-0.25, -0.2) is 0 Å². The minimum Gasteiger partial charge on any atom is -0.326 e. The molecule has 2 unspecified atom stereocenters. The van der Waals surface area contributed by atoms with E-state index in [9.17, 15) is 0 Å². The van der Waals surface area contributed by atoms with Crippen LogP contribution in [0.1, 0.15) is 36.8 Å². The van der Waals surface area contributed by atoms with Crippen LogP contribution in [0.3, 0.4) is 0 Å². The molecule has 3 heteroatoms. The van der Waals surface area contributed by atoms with E-state index in [2.05, 4.69) is 53.0 Å². The summed E-state index contributed by atoms with van der Waals surface area (Å²) in [4.78, 5) is 2.46. The van der Waals surface area contributed by atoms with E-state index in [1.165, 1.54) is 41.3 Å². The van der Waals surface area contributed by atoms with Crippen molar-refractivity contribution in [1.29, 1.82) is 0 Å². The molecule has 2 rings (SSSR count). The number of nitrogens with zero attached hydrogens (tertiary/aromatic N) is 1. The van der Waals surface area contributed by atoms with Crippen molar-refractivity contribution >= 4 is 15.9 Å². The Morgan fingerprint density at radius 3 is 2.79 bits per heavy atom. The molecule has 0 aliphatic heterocycles. The third-order valence-corrected chi connectivity index (χ3v) is 4.89. The molecular weight excluding hydrogens is 300 g/mol. The van der Waals surface area contributed by atoms with Gasteiger partial charge in [-0.3, -0.25) is 0 Å². The fourth-order valence-electron chi connectivity index (χ4n) is 3.06. The molecule has 1 aliphatic carbocycles. The van der Waals surface area contributed by atoms with E-state index in [1.807, 2.05) is 0 Å². The average molecular weight is 325 g/mol. The highest BCUT2D eigenvalue weighted by Crippen LogP contribution is 2.22. The number of benzene rings is 1. The molecule has 0 bridgehead atoms. The number of nitrogens with two attached hydrogens (primary N) is 1. The molecule has 0 saturated heterocycles.